The molecule has 0 aliphatic heterocycles. The second-order valence-corrected chi connectivity index (χ2v) is 6.88. The van der Waals surface area contributed by atoms with Crippen LogP contribution >= 0.6 is 23.4 Å². The van der Waals surface area contributed by atoms with Gasteiger partial charge in [0.1, 0.15) is 0 Å². The van der Waals surface area contributed by atoms with Crippen LogP contribution in [-0.2, 0) is 14.3 Å². The molecule has 0 saturated heterocycles. The molecule has 0 aliphatic rings. The number of hydrogen-bond acceptors (Lipinski definition) is 7. The van der Waals surface area contributed by atoms with Gasteiger partial charge in [0.05, 0.1) is 17.7 Å². The highest BCUT2D eigenvalue weighted by molar-refractivity contribution is 7.98. The molecule has 0 fully saturated rings. The number of nitrogens with two attached hydrogens (primary N) is 1. The lowest BCUT2D eigenvalue weighted by molar-refractivity contribution is -0.120. The molecule has 3 N–H and O–H groups in total. The van der Waals surface area contributed by atoms with Crippen LogP contribution < -0.4 is 20.5 Å². The zero-order chi connectivity index (χ0) is 21.4. The number of amides is 2. The Hall–Kier alpha value is -2.91. The van der Waals surface area contributed by atoms with Gasteiger partial charge in [0, 0.05) is 10.6 Å². The number of esters is 1. The number of halogens is 1. The van der Waals surface area contributed by atoms with Crippen molar-refractivity contribution in [3.05, 3.63) is 47.0 Å². The lowest BCUT2D eigenvalue weighted by atomic mass is 10.2. The van der Waals surface area contributed by atoms with Gasteiger partial charge < -0.3 is 25.3 Å². The number of ether oxygens (including phenoxy) is 3. The Morgan fingerprint density at radius 1 is 1.14 bits per heavy atom. The third kappa shape index (κ3) is 6.58. The molecule has 0 spiro atoms. The van der Waals surface area contributed by atoms with Crippen molar-refractivity contribution in [2.45, 2.75) is 4.90 Å². The van der Waals surface area contributed by atoms with E-state index in [9.17, 15) is 14.4 Å². The fourth-order valence-corrected chi connectivity index (χ4v) is 2.88. The average Bonchev–Trinajstić information content (AvgIpc) is 2.70. The molecule has 0 radical (unpaired) electrons. The maximum atomic E-state index is 12.2. The summed E-state index contributed by atoms with van der Waals surface area (Å²) in [4.78, 5) is 36.2. The Bertz CT molecular complexity index is 904. The van der Waals surface area contributed by atoms with Gasteiger partial charge in [0.2, 0.25) is 0 Å². The number of carbonyl (C=O) groups excluding carboxylic acids is 3. The molecule has 0 saturated carbocycles. The third-order valence-corrected chi connectivity index (χ3v) is 4.56. The van der Waals surface area contributed by atoms with E-state index >= 15 is 0 Å². The Kier molecular flexibility index (Phi) is 8.17. The fraction of sp³-hybridized carbons (Fsp3) is 0.211. The summed E-state index contributed by atoms with van der Waals surface area (Å²) in [6.07, 6.45) is 1.95. The largest absolute Gasteiger partial charge is 0.493 e. The van der Waals surface area contributed by atoms with Crippen LogP contribution in [-0.4, -0.2) is 44.4 Å². The number of anilines is 1. The van der Waals surface area contributed by atoms with E-state index < -0.39 is 31.0 Å². The highest BCUT2D eigenvalue weighted by atomic mass is 35.5. The van der Waals surface area contributed by atoms with E-state index in [2.05, 4.69) is 5.32 Å². The van der Waals surface area contributed by atoms with Crippen LogP contribution in [0.15, 0.2) is 41.3 Å². The summed E-state index contributed by atoms with van der Waals surface area (Å²) < 4.78 is 15.3. The summed E-state index contributed by atoms with van der Waals surface area (Å²) in [7, 11) is 1.34. The molecular formula is C19H19ClN2O6S. The summed E-state index contributed by atoms with van der Waals surface area (Å²) >= 11 is 7.67. The first-order chi connectivity index (χ1) is 13.8. The van der Waals surface area contributed by atoms with Crippen molar-refractivity contribution in [1.29, 1.82) is 0 Å². The minimum absolute atomic E-state index is 0.0240. The molecule has 0 aliphatic carbocycles. The number of rotatable bonds is 9. The topological polar surface area (TPSA) is 117 Å². The fourth-order valence-electron chi connectivity index (χ4n) is 2.21. The van der Waals surface area contributed by atoms with E-state index in [0.29, 0.717) is 5.69 Å². The van der Waals surface area contributed by atoms with Crippen molar-refractivity contribution in [3.63, 3.8) is 0 Å². The minimum Gasteiger partial charge on any atom is -0.493 e. The normalized spacial score (nSPS) is 10.2. The molecule has 0 bridgehead atoms. The monoisotopic (exact) mass is 438 g/mol. The predicted molar refractivity (Wildman–Crippen MR) is 110 cm³/mol. The van der Waals surface area contributed by atoms with Gasteiger partial charge in [0.15, 0.2) is 24.7 Å². The number of methoxy groups -OCH3 is 1. The average molecular weight is 439 g/mol. The molecule has 29 heavy (non-hydrogen) atoms. The zero-order valence-corrected chi connectivity index (χ0v) is 17.3. The molecule has 10 heteroatoms. The number of primary amides is 1. The van der Waals surface area contributed by atoms with Crippen LogP contribution in [0.5, 0.6) is 11.5 Å². The van der Waals surface area contributed by atoms with Crippen molar-refractivity contribution in [2.24, 2.45) is 5.73 Å². The van der Waals surface area contributed by atoms with Crippen LogP contribution in [0.2, 0.25) is 5.02 Å². The Balaban J connectivity index is 1.99. The Labute approximate surface area is 176 Å². The molecular weight excluding hydrogens is 420 g/mol. The van der Waals surface area contributed by atoms with Gasteiger partial charge in [-0.15, -0.1) is 11.8 Å². The summed E-state index contributed by atoms with van der Waals surface area (Å²) in [6.45, 7) is -0.888. The van der Waals surface area contributed by atoms with Crippen molar-refractivity contribution in [3.8, 4) is 11.5 Å². The van der Waals surface area contributed by atoms with Crippen LogP contribution in [0.3, 0.4) is 0 Å². The van der Waals surface area contributed by atoms with Gasteiger partial charge in [-0.25, -0.2) is 4.79 Å². The number of hydrogen-bond donors (Lipinski definition) is 2. The van der Waals surface area contributed by atoms with Gasteiger partial charge in [-0.2, -0.15) is 0 Å². The standard InChI is InChI=1S/C19H19ClN2O6S/c1-26-15-8-11(7-14(20)18(15)27-9-16(21)23)19(25)28-10-17(24)22-12-3-5-13(29-2)6-4-12/h3-8H,9-10H2,1-2H3,(H2,21,23)(H,22,24). The number of thioether (sulfide) groups is 1. The lowest BCUT2D eigenvalue weighted by Gasteiger charge is -2.13. The van der Waals surface area contributed by atoms with E-state index in [4.69, 9.17) is 31.5 Å². The maximum absolute atomic E-state index is 12.2. The van der Waals surface area contributed by atoms with E-state index in [-0.39, 0.29) is 22.1 Å². The first-order valence-corrected chi connectivity index (χ1v) is 9.84. The molecule has 0 unspecified atom stereocenters. The molecule has 2 amide bonds. The van der Waals surface area contributed by atoms with Crippen molar-refractivity contribution in [1.82, 2.24) is 0 Å². The molecule has 0 atom stereocenters. The first-order valence-electron chi connectivity index (χ1n) is 8.23. The van der Waals surface area contributed by atoms with E-state index in [1.54, 1.807) is 23.9 Å². The second kappa shape index (κ2) is 10.6. The summed E-state index contributed by atoms with van der Waals surface area (Å²) in [5.74, 6) is -1.78. The highest BCUT2D eigenvalue weighted by Crippen LogP contribution is 2.36. The van der Waals surface area contributed by atoms with Gasteiger partial charge in [-0.1, -0.05) is 11.6 Å². The summed E-state index contributed by atoms with van der Waals surface area (Å²) in [5, 5.41) is 2.65. The van der Waals surface area contributed by atoms with Crippen LogP contribution in [0.25, 0.3) is 0 Å². The van der Waals surface area contributed by atoms with Gasteiger partial charge >= 0.3 is 5.97 Å². The quantitative estimate of drug-likeness (QED) is 0.456. The smallest absolute Gasteiger partial charge is 0.338 e. The number of nitrogens with one attached hydrogen (secondary N) is 1. The molecule has 154 valence electrons. The first kappa shape index (κ1) is 22.4. The van der Waals surface area contributed by atoms with Gasteiger partial charge in [-0.05, 0) is 42.7 Å². The Morgan fingerprint density at radius 2 is 1.83 bits per heavy atom. The molecule has 2 rings (SSSR count). The second-order valence-electron chi connectivity index (χ2n) is 5.60. The van der Waals surface area contributed by atoms with Crippen molar-refractivity contribution in [2.75, 3.05) is 31.9 Å². The maximum Gasteiger partial charge on any atom is 0.338 e. The molecule has 0 aromatic heterocycles. The number of benzene rings is 2. The molecule has 2 aromatic rings. The SMILES string of the molecule is COc1cc(C(=O)OCC(=O)Nc2ccc(SC)cc2)cc(Cl)c1OCC(N)=O. The number of carbonyl (C=O) groups is 3. The zero-order valence-electron chi connectivity index (χ0n) is 15.7. The van der Waals surface area contributed by atoms with Crippen molar-refractivity contribution >= 4 is 46.8 Å². The van der Waals surface area contributed by atoms with Gasteiger partial charge in [0.25, 0.3) is 11.8 Å². The summed E-state index contributed by atoms with van der Waals surface area (Å²) in [6, 6.07) is 9.83. The van der Waals surface area contributed by atoms with E-state index in [1.807, 2.05) is 18.4 Å². The predicted octanol–water partition coefficient (Wildman–Crippen LogP) is 2.73. The highest BCUT2D eigenvalue weighted by Gasteiger charge is 2.18. The van der Waals surface area contributed by atoms with Crippen LogP contribution in [0.4, 0.5) is 5.69 Å². The van der Waals surface area contributed by atoms with Crippen LogP contribution in [0.1, 0.15) is 10.4 Å². The molecule has 0 heterocycles. The lowest BCUT2D eigenvalue weighted by Crippen LogP contribution is -2.21. The Morgan fingerprint density at radius 3 is 2.41 bits per heavy atom. The summed E-state index contributed by atoms with van der Waals surface area (Å²) in [5.41, 5.74) is 5.68. The third-order valence-electron chi connectivity index (χ3n) is 3.53. The molecule has 8 nitrogen and oxygen atoms in total. The van der Waals surface area contributed by atoms with Crippen LogP contribution in [0, 0.1) is 0 Å². The van der Waals surface area contributed by atoms with Gasteiger partial charge in [-0.3, -0.25) is 9.59 Å². The molecule has 2 aromatic carbocycles. The van der Waals surface area contributed by atoms with E-state index in [0.717, 1.165) is 4.90 Å². The van der Waals surface area contributed by atoms with Crippen molar-refractivity contribution < 1.29 is 28.6 Å². The van der Waals surface area contributed by atoms with E-state index in [1.165, 1.54) is 19.2 Å². The minimum atomic E-state index is -0.778.